The van der Waals surface area contributed by atoms with E-state index in [0.717, 1.165) is 4.57 Å². The van der Waals surface area contributed by atoms with Crippen LogP contribution in [-0.2, 0) is 14.1 Å². The van der Waals surface area contributed by atoms with E-state index in [1.165, 1.54) is 23.7 Å². The lowest BCUT2D eigenvalue weighted by Crippen LogP contribution is -2.36. The summed E-state index contributed by atoms with van der Waals surface area (Å²) in [7, 11) is 6.13. The van der Waals surface area contributed by atoms with Gasteiger partial charge in [-0.2, -0.15) is 0 Å². The Labute approximate surface area is 171 Å². The molecular formula is C22H20FN3O4. The second-order valence-electron chi connectivity index (χ2n) is 6.86. The van der Waals surface area contributed by atoms with Crippen LogP contribution >= 0.6 is 0 Å². The summed E-state index contributed by atoms with van der Waals surface area (Å²) in [6.45, 7) is 0. The van der Waals surface area contributed by atoms with Crippen LogP contribution in [0.15, 0.2) is 58.3 Å². The standard InChI is InChI=1S/C22H20FN3O4/c1-24-17-12-26(16-11-15(29-3)9-10-18(16)30-4)20(13-5-7-14(23)8-6-13)19(17)21(27)25(2)22(24)28/h5-12H,1-4H3. The van der Waals surface area contributed by atoms with Gasteiger partial charge in [0, 0.05) is 26.4 Å². The van der Waals surface area contributed by atoms with Crippen molar-refractivity contribution in [2.24, 2.45) is 14.1 Å². The van der Waals surface area contributed by atoms with Crippen molar-refractivity contribution in [3.8, 4) is 28.4 Å². The number of hydrogen-bond donors (Lipinski definition) is 0. The summed E-state index contributed by atoms with van der Waals surface area (Å²) in [5.41, 5.74) is 1.33. The maximum absolute atomic E-state index is 13.6. The molecule has 4 rings (SSSR count). The first-order chi connectivity index (χ1) is 14.4. The fourth-order valence-electron chi connectivity index (χ4n) is 3.61. The first-order valence-corrected chi connectivity index (χ1v) is 9.16. The van der Waals surface area contributed by atoms with E-state index in [1.54, 1.807) is 62.4 Å². The molecule has 0 aliphatic rings. The highest BCUT2D eigenvalue weighted by Gasteiger charge is 2.22. The number of halogens is 1. The number of rotatable bonds is 4. The van der Waals surface area contributed by atoms with Gasteiger partial charge in [-0.15, -0.1) is 0 Å². The van der Waals surface area contributed by atoms with Gasteiger partial charge >= 0.3 is 5.69 Å². The van der Waals surface area contributed by atoms with Crippen molar-refractivity contribution in [2.75, 3.05) is 14.2 Å². The predicted molar refractivity (Wildman–Crippen MR) is 112 cm³/mol. The summed E-state index contributed by atoms with van der Waals surface area (Å²) in [5.74, 6) is 0.747. The fraction of sp³-hybridized carbons (Fsp3) is 0.182. The zero-order valence-corrected chi connectivity index (χ0v) is 17.0. The third-order valence-corrected chi connectivity index (χ3v) is 5.20. The number of hydrogen-bond acceptors (Lipinski definition) is 4. The van der Waals surface area contributed by atoms with E-state index in [4.69, 9.17) is 9.47 Å². The van der Waals surface area contributed by atoms with Crippen LogP contribution < -0.4 is 20.7 Å². The third kappa shape index (κ3) is 2.88. The zero-order valence-electron chi connectivity index (χ0n) is 17.0. The summed E-state index contributed by atoms with van der Waals surface area (Å²) in [6, 6.07) is 11.1. The Hall–Kier alpha value is -3.81. The molecule has 7 nitrogen and oxygen atoms in total. The molecule has 0 atom stereocenters. The highest BCUT2D eigenvalue weighted by atomic mass is 19.1. The molecule has 2 heterocycles. The molecule has 0 amide bonds. The highest BCUT2D eigenvalue weighted by Crippen LogP contribution is 2.36. The fourth-order valence-corrected chi connectivity index (χ4v) is 3.61. The van der Waals surface area contributed by atoms with Gasteiger partial charge in [0.2, 0.25) is 0 Å². The monoisotopic (exact) mass is 409 g/mol. The van der Waals surface area contributed by atoms with Gasteiger partial charge in [0.05, 0.1) is 36.5 Å². The van der Waals surface area contributed by atoms with Crippen molar-refractivity contribution >= 4 is 10.9 Å². The quantitative estimate of drug-likeness (QED) is 0.520. The minimum atomic E-state index is -0.437. The van der Waals surface area contributed by atoms with Crippen LogP contribution in [0.4, 0.5) is 4.39 Å². The maximum Gasteiger partial charge on any atom is 0.330 e. The number of fused-ring (bicyclic) bond motifs is 1. The maximum atomic E-state index is 13.6. The van der Waals surface area contributed by atoms with Crippen molar-refractivity contribution in [1.29, 1.82) is 0 Å². The molecule has 0 fully saturated rings. The Balaban J connectivity index is 2.21. The van der Waals surface area contributed by atoms with E-state index in [-0.39, 0.29) is 5.82 Å². The number of ether oxygens (including phenoxy) is 2. The smallest absolute Gasteiger partial charge is 0.330 e. The summed E-state index contributed by atoms with van der Waals surface area (Å²) in [5, 5.41) is 0.344. The number of nitrogens with zero attached hydrogens (tertiary/aromatic N) is 3. The average molecular weight is 409 g/mol. The van der Waals surface area contributed by atoms with Crippen molar-refractivity contribution < 1.29 is 13.9 Å². The van der Waals surface area contributed by atoms with Crippen LogP contribution in [0.5, 0.6) is 11.5 Å². The molecule has 4 aromatic rings. The summed E-state index contributed by atoms with van der Waals surface area (Å²) in [4.78, 5) is 25.6. The second-order valence-corrected chi connectivity index (χ2v) is 6.86. The Kier molecular flexibility index (Phi) is 4.69. The first-order valence-electron chi connectivity index (χ1n) is 9.16. The van der Waals surface area contributed by atoms with Crippen LogP contribution in [0.1, 0.15) is 0 Å². The molecule has 30 heavy (non-hydrogen) atoms. The predicted octanol–water partition coefficient (Wildman–Crippen LogP) is 2.85. The molecule has 8 heteroatoms. The van der Waals surface area contributed by atoms with Crippen LogP contribution in [0.3, 0.4) is 0 Å². The number of aromatic nitrogens is 3. The van der Waals surface area contributed by atoms with E-state index in [9.17, 15) is 14.0 Å². The van der Waals surface area contributed by atoms with Gasteiger partial charge in [0.1, 0.15) is 17.3 Å². The molecule has 2 aromatic heterocycles. The van der Waals surface area contributed by atoms with Gasteiger partial charge in [-0.1, -0.05) is 0 Å². The molecule has 0 bridgehead atoms. The minimum absolute atomic E-state index is 0.344. The Morgan fingerprint density at radius 3 is 2.23 bits per heavy atom. The van der Waals surface area contributed by atoms with Crippen molar-refractivity contribution in [1.82, 2.24) is 13.7 Å². The lowest BCUT2D eigenvalue weighted by molar-refractivity contribution is 0.401. The van der Waals surface area contributed by atoms with Gasteiger partial charge in [-0.3, -0.25) is 13.9 Å². The Morgan fingerprint density at radius 2 is 1.60 bits per heavy atom. The molecule has 0 unspecified atom stereocenters. The second kappa shape index (κ2) is 7.22. The SMILES string of the molecule is COc1ccc(OC)c(-n2cc3c(c2-c2ccc(F)cc2)c(=O)n(C)c(=O)n3C)c1. The molecular weight excluding hydrogens is 389 g/mol. The minimum Gasteiger partial charge on any atom is -0.497 e. The van der Waals surface area contributed by atoms with E-state index < -0.39 is 11.2 Å². The summed E-state index contributed by atoms with van der Waals surface area (Å²) in [6.07, 6.45) is 1.70. The molecule has 0 aliphatic carbocycles. The molecule has 0 aliphatic heterocycles. The molecule has 0 radical (unpaired) electrons. The van der Waals surface area contributed by atoms with E-state index in [1.807, 2.05) is 0 Å². The number of methoxy groups -OCH3 is 2. The molecule has 154 valence electrons. The largest absolute Gasteiger partial charge is 0.497 e. The molecule has 0 saturated carbocycles. The van der Waals surface area contributed by atoms with Crippen LogP contribution in [0.2, 0.25) is 0 Å². The highest BCUT2D eigenvalue weighted by molar-refractivity contribution is 5.95. The van der Waals surface area contributed by atoms with Crippen LogP contribution in [0.25, 0.3) is 27.8 Å². The topological polar surface area (TPSA) is 67.4 Å². The van der Waals surface area contributed by atoms with Gasteiger partial charge in [0.25, 0.3) is 5.56 Å². The number of benzene rings is 2. The first kappa shape index (κ1) is 19.5. The lowest BCUT2D eigenvalue weighted by Gasteiger charge is -2.15. The summed E-state index contributed by atoms with van der Waals surface area (Å²) >= 11 is 0. The van der Waals surface area contributed by atoms with Gasteiger partial charge in [-0.25, -0.2) is 9.18 Å². The van der Waals surface area contributed by atoms with Crippen molar-refractivity contribution in [3.63, 3.8) is 0 Å². The zero-order chi connectivity index (χ0) is 21.6. The van der Waals surface area contributed by atoms with E-state index >= 15 is 0 Å². The molecule has 0 saturated heterocycles. The van der Waals surface area contributed by atoms with Gasteiger partial charge in [0.15, 0.2) is 0 Å². The van der Waals surface area contributed by atoms with Gasteiger partial charge in [-0.05, 0) is 42.0 Å². The van der Waals surface area contributed by atoms with Gasteiger partial charge < -0.3 is 14.0 Å². The Morgan fingerprint density at radius 1 is 0.900 bits per heavy atom. The van der Waals surface area contributed by atoms with Crippen LogP contribution in [-0.4, -0.2) is 27.9 Å². The molecule has 2 aromatic carbocycles. The molecule has 0 spiro atoms. The number of aryl methyl sites for hydroxylation is 1. The van der Waals surface area contributed by atoms with E-state index in [0.29, 0.717) is 39.3 Å². The Bertz CT molecular complexity index is 1380. The molecule has 0 N–H and O–H groups in total. The lowest BCUT2D eigenvalue weighted by atomic mass is 10.1. The van der Waals surface area contributed by atoms with Crippen molar-refractivity contribution in [3.05, 3.63) is 75.3 Å². The normalized spacial score (nSPS) is 11.1. The average Bonchev–Trinajstić information content (AvgIpc) is 3.17. The van der Waals surface area contributed by atoms with E-state index in [2.05, 4.69) is 0 Å². The van der Waals surface area contributed by atoms with Crippen LogP contribution in [0, 0.1) is 5.82 Å². The third-order valence-electron chi connectivity index (χ3n) is 5.20. The summed E-state index contributed by atoms with van der Waals surface area (Å²) < 4.78 is 28.7. The van der Waals surface area contributed by atoms with Crippen molar-refractivity contribution in [2.45, 2.75) is 0 Å².